The van der Waals surface area contributed by atoms with Crippen molar-refractivity contribution >= 4 is 39.1 Å². The number of anilines is 1. The third-order valence-electron chi connectivity index (χ3n) is 6.11. The molecule has 2 atom stereocenters. The maximum absolute atomic E-state index is 13.6. The van der Waals surface area contributed by atoms with Crippen LogP contribution in [-0.4, -0.2) is 50.0 Å². The molecule has 0 unspecified atom stereocenters. The highest BCUT2D eigenvalue weighted by atomic mass is 35.5. The molecule has 0 saturated heterocycles. The van der Waals surface area contributed by atoms with E-state index in [1.165, 1.54) is 4.90 Å². The average molecular weight is 536 g/mol. The van der Waals surface area contributed by atoms with E-state index in [0.717, 1.165) is 28.1 Å². The molecule has 7 nitrogen and oxygen atoms in total. The van der Waals surface area contributed by atoms with Crippen molar-refractivity contribution < 1.29 is 18.0 Å². The van der Waals surface area contributed by atoms with Gasteiger partial charge < -0.3 is 10.2 Å². The third-order valence-corrected chi connectivity index (χ3v) is 7.49. The van der Waals surface area contributed by atoms with Crippen LogP contribution in [0.15, 0.2) is 48.5 Å². The molecule has 0 bridgehead atoms. The number of sulfonamides is 1. The molecule has 9 heteroatoms. The largest absolute Gasteiger partial charge is 0.352 e. The lowest BCUT2D eigenvalue weighted by molar-refractivity contribution is -0.139. The first kappa shape index (κ1) is 29.6. The van der Waals surface area contributed by atoms with Crippen LogP contribution in [-0.2, 0) is 31.6 Å². The number of carbonyl (C=O) groups is 2. The summed E-state index contributed by atoms with van der Waals surface area (Å²) in [6.45, 7) is 11.4. The van der Waals surface area contributed by atoms with E-state index in [1.54, 1.807) is 37.3 Å². The second-order valence-electron chi connectivity index (χ2n) is 10.2. The topological polar surface area (TPSA) is 86.8 Å². The first-order valence-electron chi connectivity index (χ1n) is 12.1. The molecule has 2 amide bonds. The fourth-order valence-corrected chi connectivity index (χ4v) is 4.68. The van der Waals surface area contributed by atoms with Crippen LogP contribution >= 0.6 is 11.6 Å². The number of halogens is 1. The van der Waals surface area contributed by atoms with E-state index in [-0.39, 0.29) is 23.9 Å². The van der Waals surface area contributed by atoms with Crippen molar-refractivity contribution in [3.05, 3.63) is 64.7 Å². The normalized spacial score (nSPS) is 13.6. The summed E-state index contributed by atoms with van der Waals surface area (Å²) in [4.78, 5) is 27.9. The fraction of sp³-hybridized carbons (Fsp3) is 0.481. The number of benzene rings is 2. The van der Waals surface area contributed by atoms with Gasteiger partial charge >= 0.3 is 0 Å². The van der Waals surface area contributed by atoms with Gasteiger partial charge in [-0.25, -0.2) is 8.42 Å². The summed E-state index contributed by atoms with van der Waals surface area (Å²) in [6, 6.07) is 13.3. The highest BCUT2D eigenvalue weighted by molar-refractivity contribution is 7.92. The van der Waals surface area contributed by atoms with Gasteiger partial charge in [-0.05, 0) is 61.1 Å². The van der Waals surface area contributed by atoms with Gasteiger partial charge in [-0.1, -0.05) is 63.6 Å². The van der Waals surface area contributed by atoms with Crippen LogP contribution in [0.5, 0.6) is 0 Å². The predicted octanol–water partition coefficient (Wildman–Crippen LogP) is 4.74. The molecule has 0 aliphatic carbocycles. The van der Waals surface area contributed by atoms with Gasteiger partial charge in [0, 0.05) is 17.6 Å². The van der Waals surface area contributed by atoms with E-state index in [9.17, 15) is 18.0 Å². The van der Waals surface area contributed by atoms with Gasteiger partial charge in [0.05, 0.1) is 11.9 Å². The molecule has 0 aliphatic heterocycles. The number of hydrogen-bond donors (Lipinski definition) is 1. The number of nitrogens with zero attached hydrogens (tertiary/aromatic N) is 2. The summed E-state index contributed by atoms with van der Waals surface area (Å²) in [5.41, 5.74) is 2.07. The summed E-state index contributed by atoms with van der Waals surface area (Å²) in [5.74, 6) is -0.799. The zero-order chi connectivity index (χ0) is 27.3. The maximum atomic E-state index is 13.6. The number of hydrogen-bond acceptors (Lipinski definition) is 4. The van der Waals surface area contributed by atoms with Crippen LogP contribution in [0.3, 0.4) is 0 Å². The van der Waals surface area contributed by atoms with Crippen LogP contribution in [0.4, 0.5) is 5.69 Å². The molecular weight excluding hydrogens is 498 g/mol. The minimum Gasteiger partial charge on any atom is -0.352 e. The van der Waals surface area contributed by atoms with E-state index in [4.69, 9.17) is 11.6 Å². The molecular formula is C27H38ClN3O4S. The summed E-state index contributed by atoms with van der Waals surface area (Å²) in [6.07, 6.45) is 1.81. The van der Waals surface area contributed by atoms with Crippen molar-refractivity contribution in [3.8, 4) is 0 Å². The first-order valence-corrected chi connectivity index (χ1v) is 14.3. The van der Waals surface area contributed by atoms with Crippen LogP contribution in [0.25, 0.3) is 0 Å². The van der Waals surface area contributed by atoms with Gasteiger partial charge in [0.1, 0.15) is 12.6 Å². The lowest BCUT2D eigenvalue weighted by atomic mass is 9.87. The molecule has 2 rings (SSSR count). The molecule has 198 valence electrons. The van der Waals surface area contributed by atoms with Crippen LogP contribution in [0.2, 0.25) is 5.02 Å². The molecule has 0 saturated carbocycles. The van der Waals surface area contributed by atoms with E-state index >= 15 is 0 Å². The van der Waals surface area contributed by atoms with Crippen LogP contribution in [0.1, 0.15) is 59.1 Å². The Hall–Kier alpha value is -2.58. The third kappa shape index (κ3) is 8.23. The van der Waals surface area contributed by atoms with Crippen molar-refractivity contribution in [1.82, 2.24) is 10.2 Å². The minimum atomic E-state index is -3.78. The van der Waals surface area contributed by atoms with E-state index < -0.39 is 28.5 Å². The average Bonchev–Trinajstić information content (AvgIpc) is 2.79. The predicted molar refractivity (Wildman–Crippen MR) is 147 cm³/mol. The Morgan fingerprint density at radius 2 is 1.67 bits per heavy atom. The van der Waals surface area contributed by atoms with Crippen molar-refractivity contribution in [3.63, 3.8) is 0 Å². The SMILES string of the molecule is CC[C@H](C)NC(=O)[C@@H](C)N(Cc1cccc(Cl)c1)C(=O)CN(c1ccc(C(C)(C)C)cc1)S(C)(=O)=O. The van der Waals surface area contributed by atoms with Gasteiger partial charge in [0.25, 0.3) is 0 Å². The van der Waals surface area contributed by atoms with Gasteiger partial charge in [0.15, 0.2) is 0 Å². The number of nitrogens with one attached hydrogen (secondary N) is 1. The quantitative estimate of drug-likeness (QED) is 0.476. The summed E-state index contributed by atoms with van der Waals surface area (Å²) in [5, 5.41) is 3.41. The molecule has 2 aromatic rings. The fourth-order valence-electron chi connectivity index (χ4n) is 3.62. The lowest BCUT2D eigenvalue weighted by Crippen LogP contribution is -2.52. The summed E-state index contributed by atoms with van der Waals surface area (Å²) < 4.78 is 26.5. The molecule has 36 heavy (non-hydrogen) atoms. The van der Waals surface area contributed by atoms with Crippen LogP contribution in [0, 0.1) is 0 Å². The Kier molecular flexibility index (Phi) is 9.97. The molecule has 0 spiro atoms. The Morgan fingerprint density at radius 1 is 1.06 bits per heavy atom. The second kappa shape index (κ2) is 12.1. The lowest BCUT2D eigenvalue weighted by Gasteiger charge is -2.32. The smallest absolute Gasteiger partial charge is 0.244 e. The molecule has 0 fully saturated rings. The Balaban J connectivity index is 2.40. The Bertz CT molecular complexity index is 1160. The maximum Gasteiger partial charge on any atom is 0.244 e. The van der Waals surface area contributed by atoms with Gasteiger partial charge in [-0.3, -0.25) is 13.9 Å². The van der Waals surface area contributed by atoms with Crippen molar-refractivity contribution in [1.29, 1.82) is 0 Å². The van der Waals surface area contributed by atoms with Crippen molar-refractivity contribution in [2.24, 2.45) is 0 Å². The van der Waals surface area contributed by atoms with Gasteiger partial charge in [-0.2, -0.15) is 0 Å². The Morgan fingerprint density at radius 3 is 2.17 bits per heavy atom. The van der Waals surface area contributed by atoms with E-state index in [2.05, 4.69) is 26.1 Å². The standard InChI is InChI=1S/C27H38ClN3O4S/c1-8-19(2)29-26(33)20(3)30(17-21-10-9-11-23(28)16-21)25(32)18-31(36(7,34)35)24-14-12-22(13-15-24)27(4,5)6/h9-16,19-20H,8,17-18H2,1-7H3,(H,29,33)/t19-,20+/m0/s1. The van der Waals surface area contributed by atoms with E-state index in [1.807, 2.05) is 32.0 Å². The van der Waals surface area contributed by atoms with E-state index in [0.29, 0.717) is 10.7 Å². The number of carbonyl (C=O) groups excluding carboxylic acids is 2. The molecule has 0 radical (unpaired) electrons. The molecule has 0 heterocycles. The minimum absolute atomic E-state index is 0.0584. The highest BCUT2D eigenvalue weighted by Crippen LogP contribution is 2.26. The number of rotatable bonds is 10. The van der Waals surface area contributed by atoms with Gasteiger partial charge in [-0.15, -0.1) is 0 Å². The Labute approximate surface area is 220 Å². The van der Waals surface area contributed by atoms with Gasteiger partial charge in [0.2, 0.25) is 21.8 Å². The molecule has 1 N–H and O–H groups in total. The van der Waals surface area contributed by atoms with Crippen molar-refractivity contribution in [2.45, 2.75) is 72.0 Å². The summed E-state index contributed by atoms with van der Waals surface area (Å²) in [7, 11) is -3.78. The molecule has 0 aromatic heterocycles. The molecule has 0 aliphatic rings. The molecule has 2 aromatic carbocycles. The number of amides is 2. The van der Waals surface area contributed by atoms with Crippen LogP contribution < -0.4 is 9.62 Å². The zero-order valence-corrected chi connectivity index (χ0v) is 23.8. The zero-order valence-electron chi connectivity index (χ0n) is 22.2. The monoisotopic (exact) mass is 535 g/mol. The highest BCUT2D eigenvalue weighted by Gasteiger charge is 2.30. The second-order valence-corrected chi connectivity index (χ2v) is 12.6. The first-order chi connectivity index (χ1) is 16.6. The van der Waals surface area contributed by atoms with Crippen molar-refractivity contribution in [2.75, 3.05) is 17.1 Å². The summed E-state index contributed by atoms with van der Waals surface area (Å²) >= 11 is 6.14.